The molecule has 2 amide bonds. The zero-order valence-electron chi connectivity index (χ0n) is 14.0. The smallest absolute Gasteiger partial charge is 0.239 e. The molecular weight excluding hydrogens is 327 g/mol. The van der Waals surface area contributed by atoms with Crippen LogP contribution >= 0.6 is 0 Å². The third-order valence-electron chi connectivity index (χ3n) is 4.84. The largest absolute Gasteiger partial charge is 0.488 e. The van der Waals surface area contributed by atoms with Crippen molar-refractivity contribution >= 4 is 11.8 Å². The summed E-state index contributed by atoms with van der Waals surface area (Å²) >= 11 is 0. The number of benzene rings is 1. The molecule has 2 aliphatic rings. The summed E-state index contributed by atoms with van der Waals surface area (Å²) in [5.74, 6) is -0.306. The van der Waals surface area contributed by atoms with E-state index in [1.54, 1.807) is 17.0 Å². The molecule has 2 fully saturated rings. The van der Waals surface area contributed by atoms with Gasteiger partial charge < -0.3 is 20.1 Å². The third kappa shape index (κ3) is 4.48. The maximum absolute atomic E-state index is 13.2. The van der Waals surface area contributed by atoms with Crippen molar-refractivity contribution in [3.05, 3.63) is 30.1 Å². The molecule has 136 valence electrons. The van der Waals surface area contributed by atoms with Gasteiger partial charge in [0.1, 0.15) is 17.7 Å². The highest BCUT2D eigenvalue weighted by Crippen LogP contribution is 2.29. The average molecular weight is 350 g/mol. The lowest BCUT2D eigenvalue weighted by molar-refractivity contribution is -0.133. The number of rotatable bonds is 6. The summed E-state index contributed by atoms with van der Waals surface area (Å²) in [6.45, 7) is 1.04. The Kier molecular flexibility index (Phi) is 5.53. The van der Waals surface area contributed by atoms with E-state index in [2.05, 4.69) is 5.32 Å². The normalized spacial score (nSPS) is 26.1. The van der Waals surface area contributed by atoms with Gasteiger partial charge in [-0.25, -0.2) is 4.39 Å². The van der Waals surface area contributed by atoms with Gasteiger partial charge in [0.15, 0.2) is 0 Å². The number of aliphatic hydroxyl groups is 1. The van der Waals surface area contributed by atoms with Gasteiger partial charge in [0, 0.05) is 31.5 Å². The second kappa shape index (κ2) is 7.82. The highest BCUT2D eigenvalue weighted by atomic mass is 19.1. The number of halogens is 1. The standard InChI is InChI=1S/C18H23FN2O4/c19-13-3-1-4-14(9-13)25-15-7-6-12(18(15)24)10-20-16(22)11-21-8-2-5-17(21)23/h1,3-4,9,12,15,18,24H,2,5-8,10-11H2,(H,20,22)/t12-,15-,18-/m1/s1. The lowest BCUT2D eigenvalue weighted by Gasteiger charge is -2.22. The molecule has 1 saturated heterocycles. The van der Waals surface area contributed by atoms with Crippen LogP contribution in [0.1, 0.15) is 25.7 Å². The van der Waals surface area contributed by atoms with Gasteiger partial charge in [0.2, 0.25) is 11.8 Å². The number of likely N-dealkylation sites (tertiary alicyclic amines) is 1. The molecule has 0 radical (unpaired) electrons. The van der Waals surface area contributed by atoms with Crippen molar-refractivity contribution in [2.24, 2.45) is 5.92 Å². The molecular formula is C18H23FN2O4. The van der Waals surface area contributed by atoms with Crippen molar-refractivity contribution in [2.45, 2.75) is 37.9 Å². The first-order chi connectivity index (χ1) is 12.0. The van der Waals surface area contributed by atoms with E-state index in [0.717, 1.165) is 6.42 Å². The minimum absolute atomic E-state index is 0.0135. The molecule has 3 rings (SSSR count). The van der Waals surface area contributed by atoms with E-state index in [4.69, 9.17) is 4.74 Å². The number of amides is 2. The Hall–Kier alpha value is -2.15. The molecule has 1 aromatic carbocycles. The third-order valence-corrected chi connectivity index (χ3v) is 4.84. The van der Waals surface area contributed by atoms with Crippen LogP contribution < -0.4 is 10.1 Å². The predicted molar refractivity (Wildman–Crippen MR) is 88.4 cm³/mol. The number of nitrogens with one attached hydrogen (secondary N) is 1. The summed E-state index contributed by atoms with van der Waals surface area (Å²) in [5.41, 5.74) is 0. The van der Waals surface area contributed by atoms with Crippen LogP contribution in [0.5, 0.6) is 5.75 Å². The highest BCUT2D eigenvalue weighted by molar-refractivity contribution is 5.85. The molecule has 2 N–H and O–H groups in total. The average Bonchev–Trinajstić information content (AvgIpc) is 3.13. The number of aliphatic hydroxyl groups excluding tert-OH is 1. The fourth-order valence-electron chi connectivity index (χ4n) is 3.44. The molecule has 6 nitrogen and oxygen atoms in total. The predicted octanol–water partition coefficient (Wildman–Crippen LogP) is 1.08. The number of carbonyl (C=O) groups is 2. The van der Waals surface area contributed by atoms with Gasteiger partial charge in [-0.2, -0.15) is 0 Å². The van der Waals surface area contributed by atoms with E-state index in [1.165, 1.54) is 12.1 Å². The minimum Gasteiger partial charge on any atom is -0.488 e. The minimum atomic E-state index is -0.725. The topological polar surface area (TPSA) is 78.9 Å². The molecule has 0 unspecified atom stereocenters. The van der Waals surface area contributed by atoms with Crippen LogP contribution in [0.4, 0.5) is 4.39 Å². The lowest BCUT2D eigenvalue weighted by Crippen LogP contribution is -2.42. The fourth-order valence-corrected chi connectivity index (χ4v) is 3.44. The van der Waals surface area contributed by atoms with Crippen LogP contribution in [-0.2, 0) is 9.59 Å². The van der Waals surface area contributed by atoms with E-state index >= 15 is 0 Å². The lowest BCUT2D eigenvalue weighted by atomic mass is 10.1. The molecule has 1 saturated carbocycles. The van der Waals surface area contributed by atoms with Gasteiger partial charge in [-0.3, -0.25) is 9.59 Å². The molecule has 1 aliphatic carbocycles. The summed E-state index contributed by atoms with van der Waals surface area (Å²) in [6, 6.07) is 5.83. The Morgan fingerprint density at radius 1 is 1.40 bits per heavy atom. The molecule has 25 heavy (non-hydrogen) atoms. The van der Waals surface area contributed by atoms with Gasteiger partial charge in [0.25, 0.3) is 0 Å². The summed E-state index contributed by atoms with van der Waals surface area (Å²) in [4.78, 5) is 25.0. The fraction of sp³-hybridized carbons (Fsp3) is 0.556. The second-order valence-corrected chi connectivity index (χ2v) is 6.66. The molecule has 7 heteroatoms. The van der Waals surface area contributed by atoms with Crippen molar-refractivity contribution in [1.82, 2.24) is 10.2 Å². The maximum Gasteiger partial charge on any atom is 0.239 e. The summed E-state index contributed by atoms with van der Waals surface area (Å²) in [6.07, 6.45) is 1.52. The molecule has 0 aromatic heterocycles. The van der Waals surface area contributed by atoms with Crippen LogP contribution in [0, 0.1) is 11.7 Å². The van der Waals surface area contributed by atoms with Crippen LogP contribution in [0.3, 0.4) is 0 Å². The molecule has 1 heterocycles. The Balaban J connectivity index is 1.44. The van der Waals surface area contributed by atoms with Gasteiger partial charge in [-0.1, -0.05) is 6.07 Å². The molecule has 1 aliphatic heterocycles. The van der Waals surface area contributed by atoms with E-state index in [-0.39, 0.29) is 30.1 Å². The van der Waals surface area contributed by atoms with E-state index in [0.29, 0.717) is 38.1 Å². The second-order valence-electron chi connectivity index (χ2n) is 6.66. The van der Waals surface area contributed by atoms with E-state index < -0.39 is 12.2 Å². The zero-order chi connectivity index (χ0) is 17.8. The van der Waals surface area contributed by atoms with E-state index in [1.807, 2.05) is 0 Å². The van der Waals surface area contributed by atoms with Gasteiger partial charge in [0.05, 0.1) is 12.6 Å². The first kappa shape index (κ1) is 17.7. The summed E-state index contributed by atoms with van der Waals surface area (Å²) < 4.78 is 18.9. The first-order valence-corrected chi connectivity index (χ1v) is 8.67. The molecule has 3 atom stereocenters. The van der Waals surface area contributed by atoms with Crippen LogP contribution in [0.2, 0.25) is 0 Å². The Bertz CT molecular complexity index is 639. The van der Waals surface area contributed by atoms with Crippen molar-refractivity contribution in [1.29, 1.82) is 0 Å². The Labute approximate surface area is 146 Å². The summed E-state index contributed by atoms with van der Waals surface area (Å²) in [7, 11) is 0. The molecule has 0 spiro atoms. The number of ether oxygens (including phenoxy) is 1. The van der Waals surface area contributed by atoms with Crippen LogP contribution in [-0.4, -0.2) is 53.7 Å². The van der Waals surface area contributed by atoms with Crippen LogP contribution in [0.25, 0.3) is 0 Å². The number of carbonyl (C=O) groups excluding carboxylic acids is 2. The highest BCUT2D eigenvalue weighted by Gasteiger charge is 2.36. The monoisotopic (exact) mass is 350 g/mol. The SMILES string of the molecule is O=C(CN1CCCC1=O)NC[C@H]1CC[C@@H](Oc2cccc(F)c2)[C@@H]1O. The maximum atomic E-state index is 13.2. The van der Waals surface area contributed by atoms with Crippen molar-refractivity contribution in [2.75, 3.05) is 19.6 Å². The van der Waals surface area contributed by atoms with Gasteiger partial charge >= 0.3 is 0 Å². The van der Waals surface area contributed by atoms with E-state index in [9.17, 15) is 19.1 Å². The summed E-state index contributed by atoms with van der Waals surface area (Å²) in [5, 5.41) is 13.2. The Morgan fingerprint density at radius 2 is 2.24 bits per heavy atom. The van der Waals surface area contributed by atoms with Gasteiger partial charge in [-0.05, 0) is 31.4 Å². The van der Waals surface area contributed by atoms with Crippen LogP contribution in [0.15, 0.2) is 24.3 Å². The quantitative estimate of drug-likeness (QED) is 0.805. The number of nitrogens with zero attached hydrogens (tertiary/aromatic N) is 1. The van der Waals surface area contributed by atoms with Gasteiger partial charge in [-0.15, -0.1) is 0 Å². The number of hydrogen-bond acceptors (Lipinski definition) is 4. The number of hydrogen-bond donors (Lipinski definition) is 2. The molecule has 1 aromatic rings. The molecule has 0 bridgehead atoms. The van der Waals surface area contributed by atoms with Crippen molar-refractivity contribution in [3.63, 3.8) is 0 Å². The van der Waals surface area contributed by atoms with Crippen molar-refractivity contribution < 1.29 is 23.8 Å². The Morgan fingerprint density at radius 3 is 2.96 bits per heavy atom. The first-order valence-electron chi connectivity index (χ1n) is 8.67. The zero-order valence-corrected chi connectivity index (χ0v) is 14.0. The van der Waals surface area contributed by atoms with Crippen molar-refractivity contribution in [3.8, 4) is 5.75 Å².